The highest BCUT2D eigenvalue weighted by Crippen LogP contribution is 2.17. The number of hydrogen-bond donors (Lipinski definition) is 2. The van der Waals surface area contributed by atoms with Crippen LogP contribution in [-0.4, -0.2) is 25.5 Å². The number of aryl methyl sites for hydroxylation is 1. The van der Waals surface area contributed by atoms with Crippen molar-refractivity contribution in [3.63, 3.8) is 0 Å². The van der Waals surface area contributed by atoms with E-state index in [0.717, 1.165) is 42.9 Å². The molecule has 4 heteroatoms. The van der Waals surface area contributed by atoms with Gasteiger partial charge in [-0.1, -0.05) is 34.1 Å². The van der Waals surface area contributed by atoms with Gasteiger partial charge in [0, 0.05) is 17.4 Å². The van der Waals surface area contributed by atoms with Crippen molar-refractivity contribution >= 4 is 21.8 Å². The van der Waals surface area contributed by atoms with E-state index in [1.807, 2.05) is 18.2 Å². The molecule has 1 unspecified atom stereocenters. The number of carbonyl (C=O) groups is 1. The molecule has 1 aromatic carbocycles. The summed E-state index contributed by atoms with van der Waals surface area (Å²) in [6.07, 6.45) is 5.00. The molecular weight excluding hydrogens is 316 g/mol. The minimum atomic E-state index is 0.157. The Morgan fingerprint density at radius 2 is 2.25 bits per heavy atom. The van der Waals surface area contributed by atoms with Gasteiger partial charge < -0.3 is 10.6 Å². The van der Waals surface area contributed by atoms with Crippen LogP contribution in [-0.2, 0) is 11.2 Å². The van der Waals surface area contributed by atoms with Gasteiger partial charge in [-0.3, -0.25) is 4.79 Å². The van der Waals surface area contributed by atoms with Crippen LogP contribution in [0.15, 0.2) is 28.7 Å². The molecule has 1 atom stereocenters. The van der Waals surface area contributed by atoms with E-state index >= 15 is 0 Å². The molecule has 1 aliphatic rings. The highest BCUT2D eigenvalue weighted by atomic mass is 79.9. The summed E-state index contributed by atoms with van der Waals surface area (Å²) in [7, 11) is 0. The third-order valence-corrected chi connectivity index (χ3v) is 4.63. The first kappa shape index (κ1) is 15.5. The number of rotatable bonds is 6. The van der Waals surface area contributed by atoms with E-state index in [4.69, 9.17) is 0 Å². The zero-order chi connectivity index (χ0) is 14.2. The monoisotopic (exact) mass is 338 g/mol. The lowest BCUT2D eigenvalue weighted by Gasteiger charge is -2.22. The molecule has 0 radical (unpaired) electrons. The van der Waals surface area contributed by atoms with Crippen molar-refractivity contribution in [1.82, 2.24) is 10.6 Å². The van der Waals surface area contributed by atoms with Crippen molar-refractivity contribution in [2.45, 2.75) is 32.1 Å². The Bertz CT molecular complexity index is 430. The van der Waals surface area contributed by atoms with Gasteiger partial charge in [-0.05, 0) is 56.3 Å². The van der Waals surface area contributed by atoms with Crippen LogP contribution in [0.3, 0.4) is 0 Å². The summed E-state index contributed by atoms with van der Waals surface area (Å²) in [5.74, 6) is 0.886. The Balaban J connectivity index is 1.62. The maximum atomic E-state index is 11.8. The molecule has 110 valence electrons. The molecule has 1 heterocycles. The maximum Gasteiger partial charge on any atom is 0.220 e. The largest absolute Gasteiger partial charge is 0.356 e. The number of piperidine rings is 1. The van der Waals surface area contributed by atoms with Gasteiger partial charge in [-0.25, -0.2) is 0 Å². The average molecular weight is 339 g/mol. The van der Waals surface area contributed by atoms with Gasteiger partial charge in [0.15, 0.2) is 0 Å². The molecule has 1 fully saturated rings. The molecule has 0 spiro atoms. The van der Waals surface area contributed by atoms with Gasteiger partial charge in [0.2, 0.25) is 5.91 Å². The summed E-state index contributed by atoms with van der Waals surface area (Å²) in [5, 5.41) is 6.45. The molecular formula is C16H23BrN2O. The van der Waals surface area contributed by atoms with Crippen LogP contribution in [0.25, 0.3) is 0 Å². The molecule has 1 aliphatic heterocycles. The second-order valence-electron chi connectivity index (χ2n) is 5.44. The molecule has 3 nitrogen and oxygen atoms in total. The summed E-state index contributed by atoms with van der Waals surface area (Å²) in [6.45, 7) is 3.06. The van der Waals surface area contributed by atoms with Gasteiger partial charge in [0.05, 0.1) is 0 Å². The third-order valence-electron chi connectivity index (χ3n) is 3.85. The summed E-state index contributed by atoms with van der Waals surface area (Å²) in [4.78, 5) is 11.8. The van der Waals surface area contributed by atoms with Crippen molar-refractivity contribution in [1.29, 1.82) is 0 Å². The van der Waals surface area contributed by atoms with Crippen LogP contribution in [0.5, 0.6) is 0 Å². The molecule has 2 N–H and O–H groups in total. The van der Waals surface area contributed by atoms with Crippen molar-refractivity contribution in [3.8, 4) is 0 Å². The highest BCUT2D eigenvalue weighted by molar-refractivity contribution is 9.10. The fourth-order valence-corrected chi connectivity index (χ4v) is 3.11. The quantitative estimate of drug-likeness (QED) is 0.837. The molecule has 1 amide bonds. The summed E-state index contributed by atoms with van der Waals surface area (Å²) < 4.78 is 1.08. The first-order valence-corrected chi connectivity index (χ1v) is 8.26. The van der Waals surface area contributed by atoms with Crippen LogP contribution in [0, 0.1) is 5.92 Å². The van der Waals surface area contributed by atoms with Crippen molar-refractivity contribution in [3.05, 3.63) is 34.3 Å². The van der Waals surface area contributed by atoms with Crippen molar-refractivity contribution in [2.24, 2.45) is 5.92 Å². The molecule has 0 aliphatic carbocycles. The maximum absolute atomic E-state index is 11.8. The lowest BCUT2D eigenvalue weighted by Crippen LogP contribution is -2.33. The van der Waals surface area contributed by atoms with Gasteiger partial charge >= 0.3 is 0 Å². The van der Waals surface area contributed by atoms with Gasteiger partial charge in [-0.2, -0.15) is 0 Å². The van der Waals surface area contributed by atoms with Crippen LogP contribution in [0.2, 0.25) is 0 Å². The first-order chi connectivity index (χ1) is 9.75. The van der Waals surface area contributed by atoms with Crippen LogP contribution in [0.4, 0.5) is 0 Å². The number of benzene rings is 1. The van der Waals surface area contributed by atoms with E-state index in [9.17, 15) is 4.79 Å². The second-order valence-corrected chi connectivity index (χ2v) is 6.30. The lowest BCUT2D eigenvalue weighted by molar-refractivity contribution is -0.121. The van der Waals surface area contributed by atoms with Gasteiger partial charge in [0.1, 0.15) is 0 Å². The number of amides is 1. The Hall–Kier alpha value is -0.870. The van der Waals surface area contributed by atoms with E-state index in [1.165, 1.54) is 18.4 Å². The van der Waals surface area contributed by atoms with E-state index in [2.05, 4.69) is 32.6 Å². The summed E-state index contributed by atoms with van der Waals surface area (Å²) in [5.41, 5.74) is 1.19. The predicted molar refractivity (Wildman–Crippen MR) is 85.7 cm³/mol. The lowest BCUT2D eigenvalue weighted by atomic mass is 9.96. The zero-order valence-electron chi connectivity index (χ0n) is 11.8. The molecule has 20 heavy (non-hydrogen) atoms. The smallest absolute Gasteiger partial charge is 0.220 e. The van der Waals surface area contributed by atoms with Crippen molar-refractivity contribution < 1.29 is 4.79 Å². The molecule has 0 aromatic heterocycles. The predicted octanol–water partition coefficient (Wildman–Crippen LogP) is 2.89. The van der Waals surface area contributed by atoms with Crippen molar-refractivity contribution in [2.75, 3.05) is 19.6 Å². The average Bonchev–Trinajstić information content (AvgIpc) is 2.47. The standard InChI is InChI=1S/C16H23BrN2O/c17-15-6-2-1-5-14(15)7-8-16(20)19-11-9-13-4-3-10-18-12-13/h1-2,5-6,13,18H,3-4,7-12H2,(H,19,20). The fraction of sp³-hybridized carbons (Fsp3) is 0.562. The minimum absolute atomic E-state index is 0.157. The number of halogens is 1. The van der Waals surface area contributed by atoms with E-state index in [-0.39, 0.29) is 5.91 Å². The Kier molecular flexibility index (Phi) is 6.54. The van der Waals surface area contributed by atoms with Gasteiger partial charge in [-0.15, -0.1) is 0 Å². The molecule has 0 saturated carbocycles. The Labute approximate surface area is 129 Å². The van der Waals surface area contributed by atoms with E-state index in [1.54, 1.807) is 0 Å². The van der Waals surface area contributed by atoms with Gasteiger partial charge in [0.25, 0.3) is 0 Å². The summed E-state index contributed by atoms with van der Waals surface area (Å²) in [6, 6.07) is 8.08. The van der Waals surface area contributed by atoms with E-state index in [0.29, 0.717) is 6.42 Å². The number of carbonyl (C=O) groups excluding carboxylic acids is 1. The molecule has 1 aromatic rings. The number of hydrogen-bond acceptors (Lipinski definition) is 2. The molecule has 2 rings (SSSR count). The van der Waals surface area contributed by atoms with Crippen LogP contribution >= 0.6 is 15.9 Å². The van der Waals surface area contributed by atoms with E-state index < -0.39 is 0 Å². The van der Waals surface area contributed by atoms with Crippen LogP contribution in [0.1, 0.15) is 31.2 Å². The normalized spacial score (nSPS) is 18.8. The third kappa shape index (κ3) is 5.25. The number of nitrogens with one attached hydrogen (secondary N) is 2. The SMILES string of the molecule is O=C(CCc1ccccc1Br)NCCC1CCCNC1. The molecule has 1 saturated heterocycles. The zero-order valence-corrected chi connectivity index (χ0v) is 13.4. The topological polar surface area (TPSA) is 41.1 Å². The minimum Gasteiger partial charge on any atom is -0.356 e. The highest BCUT2D eigenvalue weighted by Gasteiger charge is 2.12. The second kappa shape index (κ2) is 8.42. The Morgan fingerprint density at radius 1 is 1.40 bits per heavy atom. The van der Waals surface area contributed by atoms with Crippen LogP contribution < -0.4 is 10.6 Å². The molecule has 0 bridgehead atoms. The first-order valence-electron chi connectivity index (χ1n) is 7.46. The Morgan fingerprint density at radius 3 is 3.00 bits per heavy atom. The summed E-state index contributed by atoms with van der Waals surface area (Å²) >= 11 is 3.51. The fourth-order valence-electron chi connectivity index (χ4n) is 2.62.